The number of hydrogen-bond acceptors (Lipinski definition) is 1. The Morgan fingerprint density at radius 2 is 1.86 bits per heavy atom. The molecule has 0 amide bonds. The Hall–Kier alpha value is -1.75. The molecule has 0 fully saturated rings. The van der Waals surface area contributed by atoms with Gasteiger partial charge in [-0.1, -0.05) is 23.7 Å². The largest absolute Gasteiger partial charge is 0.416 e. The van der Waals surface area contributed by atoms with Crippen molar-refractivity contribution in [1.29, 1.82) is 0 Å². The number of anilines is 1. The first-order valence-corrected chi connectivity index (χ1v) is 6.51. The van der Waals surface area contributed by atoms with Gasteiger partial charge in [-0.25, -0.2) is 4.39 Å². The van der Waals surface area contributed by atoms with Gasteiger partial charge in [0.05, 0.1) is 16.3 Å². The third kappa shape index (κ3) is 3.88. The molecule has 21 heavy (non-hydrogen) atoms. The lowest BCUT2D eigenvalue weighted by molar-refractivity contribution is -0.137. The summed E-state index contributed by atoms with van der Waals surface area (Å²) in [5.41, 5.74) is 0.670. The smallest absolute Gasteiger partial charge is 0.380 e. The Balaban J connectivity index is 2.23. The highest BCUT2D eigenvalue weighted by Crippen LogP contribution is 2.31. The van der Waals surface area contributed by atoms with Crippen LogP contribution in [0.1, 0.15) is 16.7 Å². The van der Waals surface area contributed by atoms with Gasteiger partial charge >= 0.3 is 6.18 Å². The Morgan fingerprint density at radius 3 is 2.48 bits per heavy atom. The molecule has 0 aliphatic rings. The molecule has 2 rings (SSSR count). The lowest BCUT2D eigenvalue weighted by atomic mass is 10.1. The SMILES string of the molecule is Cc1cccc(Cl)c1NCc1cc(F)cc(C(F)(F)F)c1. The summed E-state index contributed by atoms with van der Waals surface area (Å²) in [6, 6.07) is 7.72. The maximum absolute atomic E-state index is 13.3. The number of rotatable bonds is 3. The second-order valence-corrected chi connectivity index (χ2v) is 5.04. The molecule has 0 heterocycles. The van der Waals surface area contributed by atoms with E-state index in [9.17, 15) is 17.6 Å². The molecule has 2 aromatic carbocycles. The van der Waals surface area contributed by atoms with Gasteiger partial charge in [0.25, 0.3) is 0 Å². The standard InChI is InChI=1S/C15H12ClF4N/c1-9-3-2-4-13(16)14(9)21-8-10-5-11(15(18,19)20)7-12(17)6-10/h2-7,21H,8H2,1H3. The van der Waals surface area contributed by atoms with E-state index in [0.717, 1.165) is 17.7 Å². The third-order valence-electron chi connectivity index (χ3n) is 2.98. The van der Waals surface area contributed by atoms with E-state index in [1.54, 1.807) is 12.1 Å². The van der Waals surface area contributed by atoms with Crippen molar-refractivity contribution in [1.82, 2.24) is 0 Å². The summed E-state index contributed by atoms with van der Waals surface area (Å²) in [7, 11) is 0. The monoisotopic (exact) mass is 317 g/mol. The molecule has 0 bridgehead atoms. The number of nitrogens with one attached hydrogen (secondary N) is 1. The minimum atomic E-state index is -4.57. The minimum absolute atomic E-state index is 0.0470. The van der Waals surface area contributed by atoms with Crippen molar-refractivity contribution in [3.8, 4) is 0 Å². The van der Waals surface area contributed by atoms with E-state index in [4.69, 9.17) is 11.6 Å². The van der Waals surface area contributed by atoms with Gasteiger partial charge in [-0.3, -0.25) is 0 Å². The van der Waals surface area contributed by atoms with E-state index in [-0.39, 0.29) is 12.1 Å². The zero-order valence-electron chi connectivity index (χ0n) is 11.1. The Bertz CT molecular complexity index is 632. The van der Waals surface area contributed by atoms with Gasteiger partial charge in [-0.05, 0) is 42.3 Å². The van der Waals surface area contributed by atoms with Crippen LogP contribution in [-0.2, 0) is 12.7 Å². The zero-order chi connectivity index (χ0) is 15.6. The summed E-state index contributed by atoms with van der Waals surface area (Å²) in [5.74, 6) is -0.919. The van der Waals surface area contributed by atoms with E-state index in [0.29, 0.717) is 16.8 Å². The molecule has 0 saturated heterocycles. The lowest BCUT2D eigenvalue weighted by Gasteiger charge is -2.13. The molecule has 6 heteroatoms. The molecule has 0 aliphatic heterocycles. The molecule has 0 aromatic heterocycles. The van der Waals surface area contributed by atoms with Crippen LogP contribution in [0.15, 0.2) is 36.4 Å². The summed E-state index contributed by atoms with van der Waals surface area (Å²) >= 11 is 6.01. The van der Waals surface area contributed by atoms with Crippen LogP contribution >= 0.6 is 11.6 Å². The van der Waals surface area contributed by atoms with E-state index < -0.39 is 17.6 Å². The van der Waals surface area contributed by atoms with Gasteiger partial charge in [-0.15, -0.1) is 0 Å². The average molecular weight is 318 g/mol. The average Bonchev–Trinajstić information content (AvgIpc) is 2.36. The quantitative estimate of drug-likeness (QED) is 0.745. The number of benzene rings is 2. The van der Waals surface area contributed by atoms with Gasteiger partial charge in [0.2, 0.25) is 0 Å². The molecule has 0 spiro atoms. The highest BCUT2D eigenvalue weighted by molar-refractivity contribution is 6.33. The molecule has 1 nitrogen and oxygen atoms in total. The van der Waals surface area contributed by atoms with Crippen LogP contribution < -0.4 is 5.32 Å². The number of para-hydroxylation sites is 1. The van der Waals surface area contributed by atoms with Crippen LogP contribution in [0.25, 0.3) is 0 Å². The van der Waals surface area contributed by atoms with Crippen LogP contribution in [0.2, 0.25) is 5.02 Å². The van der Waals surface area contributed by atoms with Crippen molar-refractivity contribution in [2.75, 3.05) is 5.32 Å². The predicted molar refractivity (Wildman–Crippen MR) is 74.9 cm³/mol. The van der Waals surface area contributed by atoms with Gasteiger partial charge < -0.3 is 5.32 Å². The first-order chi connectivity index (χ1) is 9.77. The summed E-state index contributed by atoms with van der Waals surface area (Å²) in [5, 5.41) is 3.40. The maximum atomic E-state index is 13.3. The van der Waals surface area contributed by atoms with Gasteiger partial charge in [0.15, 0.2) is 0 Å². The van der Waals surface area contributed by atoms with Crippen molar-refractivity contribution in [2.24, 2.45) is 0 Å². The molecule has 0 aliphatic carbocycles. The fourth-order valence-corrected chi connectivity index (χ4v) is 2.25. The van der Waals surface area contributed by atoms with Crippen molar-refractivity contribution >= 4 is 17.3 Å². The number of aryl methyl sites for hydroxylation is 1. The Labute approximate surface area is 124 Å². The van der Waals surface area contributed by atoms with E-state index >= 15 is 0 Å². The van der Waals surface area contributed by atoms with Gasteiger partial charge in [0, 0.05) is 6.54 Å². The first kappa shape index (κ1) is 15.6. The van der Waals surface area contributed by atoms with Crippen molar-refractivity contribution in [3.05, 3.63) is 63.9 Å². The van der Waals surface area contributed by atoms with Crippen LogP contribution in [0.4, 0.5) is 23.2 Å². The van der Waals surface area contributed by atoms with Crippen molar-refractivity contribution in [2.45, 2.75) is 19.6 Å². The van der Waals surface area contributed by atoms with Crippen molar-refractivity contribution in [3.63, 3.8) is 0 Å². The number of alkyl halides is 3. The zero-order valence-corrected chi connectivity index (χ0v) is 11.8. The lowest BCUT2D eigenvalue weighted by Crippen LogP contribution is -2.08. The van der Waals surface area contributed by atoms with Crippen LogP contribution in [0.5, 0.6) is 0 Å². The Kier molecular flexibility index (Phi) is 4.42. The molecule has 0 saturated carbocycles. The van der Waals surface area contributed by atoms with Crippen LogP contribution in [-0.4, -0.2) is 0 Å². The summed E-state index contributed by atoms with van der Waals surface area (Å²) in [6.07, 6.45) is -4.57. The molecule has 112 valence electrons. The van der Waals surface area contributed by atoms with Gasteiger partial charge in [0.1, 0.15) is 5.82 Å². The molecule has 2 aromatic rings. The molecule has 0 atom stereocenters. The first-order valence-electron chi connectivity index (χ1n) is 6.13. The minimum Gasteiger partial charge on any atom is -0.380 e. The number of hydrogen-bond donors (Lipinski definition) is 1. The highest BCUT2D eigenvalue weighted by atomic mass is 35.5. The van der Waals surface area contributed by atoms with E-state index in [1.807, 2.05) is 13.0 Å². The second-order valence-electron chi connectivity index (χ2n) is 4.63. The van der Waals surface area contributed by atoms with Gasteiger partial charge in [-0.2, -0.15) is 13.2 Å². The van der Waals surface area contributed by atoms with Crippen LogP contribution in [0.3, 0.4) is 0 Å². The molecule has 0 unspecified atom stereocenters. The molecular formula is C15H12ClF4N. The number of halogens is 5. The highest BCUT2D eigenvalue weighted by Gasteiger charge is 2.31. The van der Waals surface area contributed by atoms with E-state index in [2.05, 4.69) is 5.32 Å². The normalized spacial score (nSPS) is 11.5. The molecular weight excluding hydrogens is 306 g/mol. The topological polar surface area (TPSA) is 12.0 Å². The fourth-order valence-electron chi connectivity index (χ4n) is 1.96. The summed E-state index contributed by atoms with van der Waals surface area (Å²) in [4.78, 5) is 0. The van der Waals surface area contributed by atoms with Crippen LogP contribution in [0, 0.1) is 12.7 Å². The molecule has 0 radical (unpaired) electrons. The molecule has 1 N–H and O–H groups in total. The Morgan fingerprint density at radius 1 is 1.14 bits per heavy atom. The maximum Gasteiger partial charge on any atom is 0.416 e. The van der Waals surface area contributed by atoms with Crippen molar-refractivity contribution < 1.29 is 17.6 Å². The predicted octanol–water partition coefficient (Wildman–Crippen LogP) is 5.42. The third-order valence-corrected chi connectivity index (χ3v) is 3.29. The summed E-state index contributed by atoms with van der Waals surface area (Å²) < 4.78 is 51.2. The fraction of sp³-hybridized carbons (Fsp3) is 0.200. The van der Waals surface area contributed by atoms with E-state index in [1.165, 1.54) is 0 Å². The summed E-state index contributed by atoms with van der Waals surface area (Å²) in [6.45, 7) is 1.87. The second kappa shape index (κ2) is 5.93.